The van der Waals surface area contributed by atoms with Crippen LogP contribution in [0.5, 0.6) is 0 Å². The third-order valence-electron chi connectivity index (χ3n) is 3.41. The van der Waals surface area contributed by atoms with Crippen LogP contribution in [0.25, 0.3) is 22.4 Å². The number of nitrogens with zero attached hydrogens (tertiary/aromatic N) is 2. The molecule has 0 saturated heterocycles. The lowest BCUT2D eigenvalue weighted by Gasteiger charge is -2.09. The number of rotatable bonds is 4. The van der Waals surface area contributed by atoms with E-state index < -0.39 is 11.6 Å². The minimum Gasteiger partial charge on any atom is -0.393 e. The van der Waals surface area contributed by atoms with Crippen molar-refractivity contribution in [3.05, 3.63) is 54.1 Å². The van der Waals surface area contributed by atoms with Crippen LogP contribution in [-0.4, -0.2) is 14.5 Å². The first kappa shape index (κ1) is 14.6. The summed E-state index contributed by atoms with van der Waals surface area (Å²) in [6.45, 7) is 0.532. The Morgan fingerprint density at radius 1 is 1.14 bits per heavy atom. The maximum atomic E-state index is 13.5. The molecule has 0 fully saturated rings. The lowest BCUT2D eigenvalue weighted by atomic mass is 10.2. The SMILES string of the molecule is NC(=S)CCn1c(-c2ccc(F)c(F)c2)nc2ccccc21. The molecule has 0 amide bonds. The molecule has 6 heteroatoms. The molecule has 0 saturated carbocycles. The Labute approximate surface area is 131 Å². The van der Waals surface area contributed by atoms with Gasteiger partial charge in [-0.3, -0.25) is 0 Å². The molecule has 22 heavy (non-hydrogen) atoms. The van der Waals surface area contributed by atoms with Crippen LogP contribution in [0.2, 0.25) is 0 Å². The summed E-state index contributed by atoms with van der Waals surface area (Å²) in [4.78, 5) is 4.92. The quantitative estimate of drug-likeness (QED) is 0.747. The van der Waals surface area contributed by atoms with Crippen molar-refractivity contribution in [1.29, 1.82) is 0 Å². The molecule has 0 bridgehead atoms. The second-order valence-corrected chi connectivity index (χ2v) is 5.45. The number of aromatic nitrogens is 2. The van der Waals surface area contributed by atoms with Gasteiger partial charge >= 0.3 is 0 Å². The van der Waals surface area contributed by atoms with Crippen molar-refractivity contribution in [2.24, 2.45) is 5.73 Å². The van der Waals surface area contributed by atoms with E-state index in [4.69, 9.17) is 18.0 Å². The van der Waals surface area contributed by atoms with E-state index in [1.807, 2.05) is 28.8 Å². The first-order chi connectivity index (χ1) is 10.6. The van der Waals surface area contributed by atoms with Crippen molar-refractivity contribution < 1.29 is 8.78 Å². The largest absolute Gasteiger partial charge is 0.393 e. The van der Waals surface area contributed by atoms with Gasteiger partial charge in [0.15, 0.2) is 11.6 Å². The zero-order valence-electron chi connectivity index (χ0n) is 11.6. The minimum atomic E-state index is -0.898. The van der Waals surface area contributed by atoms with Gasteiger partial charge in [0.25, 0.3) is 0 Å². The Bertz CT molecular complexity index is 858. The van der Waals surface area contributed by atoms with Crippen molar-refractivity contribution >= 4 is 28.2 Å². The number of benzene rings is 2. The van der Waals surface area contributed by atoms with Gasteiger partial charge in [-0.1, -0.05) is 24.4 Å². The molecule has 0 radical (unpaired) electrons. The van der Waals surface area contributed by atoms with Crippen molar-refractivity contribution in [2.45, 2.75) is 13.0 Å². The lowest BCUT2D eigenvalue weighted by Crippen LogP contribution is -2.12. The highest BCUT2D eigenvalue weighted by atomic mass is 32.1. The molecule has 0 aliphatic heterocycles. The molecular formula is C16H13F2N3S. The van der Waals surface area contributed by atoms with Gasteiger partial charge in [-0.05, 0) is 30.3 Å². The summed E-state index contributed by atoms with van der Waals surface area (Å²) in [5, 5.41) is 0. The number of para-hydroxylation sites is 2. The molecule has 3 nitrogen and oxygen atoms in total. The van der Waals surface area contributed by atoms with E-state index in [9.17, 15) is 8.78 Å². The maximum Gasteiger partial charge on any atom is 0.159 e. The first-order valence-electron chi connectivity index (χ1n) is 6.75. The number of halogens is 2. The molecule has 2 aromatic carbocycles. The first-order valence-corrected chi connectivity index (χ1v) is 7.16. The Kier molecular flexibility index (Phi) is 3.85. The molecule has 112 valence electrons. The van der Waals surface area contributed by atoms with Crippen molar-refractivity contribution in [2.75, 3.05) is 0 Å². The van der Waals surface area contributed by atoms with E-state index in [-0.39, 0.29) is 0 Å². The van der Waals surface area contributed by atoms with Gasteiger partial charge < -0.3 is 10.3 Å². The molecule has 3 rings (SSSR count). The summed E-state index contributed by atoms with van der Waals surface area (Å²) in [6.07, 6.45) is 0.506. The fourth-order valence-electron chi connectivity index (χ4n) is 2.38. The molecule has 0 atom stereocenters. The van der Waals surface area contributed by atoms with Gasteiger partial charge in [-0.25, -0.2) is 13.8 Å². The van der Waals surface area contributed by atoms with Gasteiger partial charge in [0.2, 0.25) is 0 Å². The van der Waals surface area contributed by atoms with E-state index in [0.717, 1.165) is 23.2 Å². The Balaban J connectivity index is 2.16. The lowest BCUT2D eigenvalue weighted by molar-refractivity contribution is 0.509. The third kappa shape index (κ3) is 2.69. The number of aryl methyl sites for hydroxylation is 1. The zero-order valence-corrected chi connectivity index (χ0v) is 12.4. The van der Waals surface area contributed by atoms with Gasteiger partial charge in [0.1, 0.15) is 5.82 Å². The second-order valence-electron chi connectivity index (χ2n) is 4.92. The van der Waals surface area contributed by atoms with Gasteiger partial charge in [-0.15, -0.1) is 0 Å². The normalized spacial score (nSPS) is 11.0. The summed E-state index contributed by atoms with van der Waals surface area (Å²) in [5.74, 6) is -1.21. The monoisotopic (exact) mass is 317 g/mol. The molecule has 1 aromatic heterocycles. The van der Waals surface area contributed by atoms with E-state index >= 15 is 0 Å². The highest BCUT2D eigenvalue weighted by molar-refractivity contribution is 7.80. The second kappa shape index (κ2) is 5.81. The Hall–Kier alpha value is -2.34. The highest BCUT2D eigenvalue weighted by Gasteiger charge is 2.14. The molecule has 1 heterocycles. The average Bonchev–Trinajstić information content (AvgIpc) is 2.86. The Morgan fingerprint density at radius 3 is 2.64 bits per heavy atom. The average molecular weight is 317 g/mol. The third-order valence-corrected chi connectivity index (χ3v) is 3.62. The topological polar surface area (TPSA) is 43.8 Å². The molecule has 2 N–H and O–H groups in total. The van der Waals surface area contributed by atoms with Crippen LogP contribution in [0.1, 0.15) is 6.42 Å². The van der Waals surface area contributed by atoms with Crippen molar-refractivity contribution in [3.8, 4) is 11.4 Å². The summed E-state index contributed by atoms with van der Waals surface area (Å²) in [5.41, 5.74) is 7.77. The number of fused-ring (bicyclic) bond motifs is 1. The van der Waals surface area contributed by atoms with Crippen LogP contribution in [0.4, 0.5) is 8.78 Å². The van der Waals surface area contributed by atoms with Crippen molar-refractivity contribution in [3.63, 3.8) is 0 Å². The fourth-order valence-corrected chi connectivity index (χ4v) is 2.47. The smallest absolute Gasteiger partial charge is 0.159 e. The van der Waals surface area contributed by atoms with E-state index in [0.29, 0.717) is 29.3 Å². The predicted molar refractivity (Wildman–Crippen MR) is 86.5 cm³/mol. The molecular weight excluding hydrogens is 304 g/mol. The van der Waals surface area contributed by atoms with E-state index in [1.54, 1.807) is 0 Å². The van der Waals surface area contributed by atoms with Crippen LogP contribution >= 0.6 is 12.2 Å². The molecule has 0 spiro atoms. The van der Waals surface area contributed by atoms with Crippen LogP contribution < -0.4 is 5.73 Å². The van der Waals surface area contributed by atoms with E-state index in [1.165, 1.54) is 6.07 Å². The van der Waals surface area contributed by atoms with Crippen molar-refractivity contribution in [1.82, 2.24) is 9.55 Å². The molecule has 3 aromatic rings. The molecule has 0 unspecified atom stereocenters. The summed E-state index contributed by atoms with van der Waals surface area (Å²) < 4.78 is 28.6. The van der Waals surface area contributed by atoms with Gasteiger partial charge in [0.05, 0.1) is 16.0 Å². The van der Waals surface area contributed by atoms with E-state index in [2.05, 4.69) is 4.98 Å². The summed E-state index contributed by atoms with van der Waals surface area (Å²) in [6, 6.07) is 11.3. The van der Waals surface area contributed by atoms with Crippen LogP contribution in [0.15, 0.2) is 42.5 Å². The summed E-state index contributed by atoms with van der Waals surface area (Å²) >= 11 is 4.92. The fraction of sp³-hybridized carbons (Fsp3) is 0.125. The van der Waals surface area contributed by atoms with Crippen LogP contribution in [-0.2, 0) is 6.54 Å². The van der Waals surface area contributed by atoms with Gasteiger partial charge in [-0.2, -0.15) is 0 Å². The molecule has 0 aliphatic rings. The molecule has 0 aliphatic carbocycles. The number of nitrogens with two attached hydrogens (primary N) is 1. The zero-order chi connectivity index (χ0) is 15.7. The minimum absolute atomic E-state index is 0.397. The van der Waals surface area contributed by atoms with Crippen LogP contribution in [0.3, 0.4) is 0 Å². The number of hydrogen-bond acceptors (Lipinski definition) is 2. The number of thiocarbonyl (C=S) groups is 1. The number of imidazole rings is 1. The van der Waals surface area contributed by atoms with Crippen LogP contribution in [0, 0.1) is 11.6 Å². The van der Waals surface area contributed by atoms with Gasteiger partial charge in [0, 0.05) is 18.5 Å². The number of hydrogen-bond donors (Lipinski definition) is 1. The maximum absolute atomic E-state index is 13.5. The summed E-state index contributed by atoms with van der Waals surface area (Å²) in [7, 11) is 0. The Morgan fingerprint density at radius 2 is 1.91 bits per heavy atom. The standard InChI is InChI=1S/C16H13F2N3S/c17-11-6-5-10(9-12(11)18)16-20-13-3-1-2-4-14(13)21(16)8-7-15(19)22/h1-6,9H,7-8H2,(H2,19,22). The predicted octanol–water partition coefficient (Wildman–Crippen LogP) is 3.66. The highest BCUT2D eigenvalue weighted by Crippen LogP contribution is 2.26.